The molecule has 0 spiro atoms. The molecule has 0 unspecified atom stereocenters. The number of halogens is 1. The van der Waals surface area contributed by atoms with Crippen molar-refractivity contribution in [2.24, 2.45) is 0 Å². The Labute approximate surface area is 128 Å². The average Bonchev–Trinajstić information content (AvgIpc) is 2.46. The van der Waals surface area contributed by atoms with Crippen LogP contribution in [0.25, 0.3) is 6.08 Å². The van der Waals surface area contributed by atoms with Crippen LogP contribution >= 0.6 is 15.9 Å². The van der Waals surface area contributed by atoms with E-state index in [9.17, 15) is 4.79 Å². The minimum atomic E-state index is -0.0667. The van der Waals surface area contributed by atoms with Crippen molar-refractivity contribution >= 4 is 27.9 Å². The van der Waals surface area contributed by atoms with Crippen molar-refractivity contribution in [2.75, 3.05) is 26.8 Å². The molecule has 0 saturated heterocycles. The van der Waals surface area contributed by atoms with Gasteiger partial charge in [-0.15, -0.1) is 0 Å². The molecule has 0 saturated carbocycles. The molecule has 1 aromatic carbocycles. The number of methoxy groups -OCH3 is 1. The molecule has 0 aliphatic rings. The van der Waals surface area contributed by atoms with E-state index in [0.29, 0.717) is 19.5 Å². The third kappa shape index (κ3) is 4.98. The summed E-state index contributed by atoms with van der Waals surface area (Å²) in [5, 5.41) is 8.82. The number of aliphatic hydroxyl groups is 1. The van der Waals surface area contributed by atoms with Gasteiger partial charge in [-0.3, -0.25) is 4.79 Å². The zero-order chi connectivity index (χ0) is 15.0. The Morgan fingerprint density at radius 1 is 1.50 bits per heavy atom. The number of aliphatic hydroxyl groups excluding tert-OH is 1. The molecule has 0 aliphatic heterocycles. The van der Waals surface area contributed by atoms with Crippen LogP contribution in [0.3, 0.4) is 0 Å². The van der Waals surface area contributed by atoms with Crippen molar-refractivity contribution in [3.8, 4) is 5.75 Å². The highest BCUT2D eigenvalue weighted by atomic mass is 79.9. The number of hydrogen-bond acceptors (Lipinski definition) is 3. The van der Waals surface area contributed by atoms with E-state index >= 15 is 0 Å². The molecule has 0 bridgehead atoms. The molecule has 0 atom stereocenters. The Hall–Kier alpha value is -1.33. The Bertz CT molecular complexity index is 474. The Kier molecular flexibility index (Phi) is 7.33. The number of nitrogens with zero attached hydrogens (tertiary/aromatic N) is 1. The lowest BCUT2D eigenvalue weighted by atomic mass is 10.2. The van der Waals surface area contributed by atoms with E-state index in [1.54, 1.807) is 18.1 Å². The number of benzene rings is 1. The second-order valence-electron chi connectivity index (χ2n) is 4.21. The number of likely N-dealkylation sites (N-methyl/N-ethyl adjacent to an activating group) is 1. The molecule has 0 heterocycles. The molecule has 110 valence electrons. The van der Waals surface area contributed by atoms with Crippen molar-refractivity contribution in [1.29, 1.82) is 0 Å². The van der Waals surface area contributed by atoms with E-state index in [4.69, 9.17) is 9.84 Å². The zero-order valence-corrected chi connectivity index (χ0v) is 13.4. The molecule has 0 aliphatic carbocycles. The summed E-state index contributed by atoms with van der Waals surface area (Å²) in [5.41, 5.74) is 0.841. The third-order valence-corrected chi connectivity index (χ3v) is 3.37. The average molecular weight is 342 g/mol. The Morgan fingerprint density at radius 3 is 2.85 bits per heavy atom. The summed E-state index contributed by atoms with van der Waals surface area (Å²) < 4.78 is 6.18. The number of carbonyl (C=O) groups is 1. The quantitative estimate of drug-likeness (QED) is 0.775. The maximum atomic E-state index is 12.0. The van der Waals surface area contributed by atoms with Crippen LogP contribution in [-0.4, -0.2) is 42.7 Å². The SMILES string of the molecule is CCN(CCCO)C(=O)/C=C/c1cc(Br)ccc1OC. The van der Waals surface area contributed by atoms with Gasteiger partial charge in [0.25, 0.3) is 0 Å². The van der Waals surface area contributed by atoms with Crippen LogP contribution < -0.4 is 4.74 Å². The van der Waals surface area contributed by atoms with Crippen molar-refractivity contribution in [3.63, 3.8) is 0 Å². The first-order chi connectivity index (χ1) is 9.62. The zero-order valence-electron chi connectivity index (χ0n) is 11.8. The highest BCUT2D eigenvalue weighted by Crippen LogP contribution is 2.24. The van der Waals surface area contributed by atoms with Gasteiger partial charge in [0.15, 0.2) is 0 Å². The monoisotopic (exact) mass is 341 g/mol. The molecular weight excluding hydrogens is 322 g/mol. The van der Waals surface area contributed by atoms with Crippen LogP contribution in [0.2, 0.25) is 0 Å². The Balaban J connectivity index is 2.80. The second kappa shape index (κ2) is 8.76. The molecule has 1 aromatic rings. The van der Waals surface area contributed by atoms with Crippen LogP contribution in [0.15, 0.2) is 28.7 Å². The molecule has 1 N–H and O–H groups in total. The number of amides is 1. The van der Waals surface area contributed by atoms with E-state index < -0.39 is 0 Å². The van der Waals surface area contributed by atoms with Crippen LogP contribution in [0, 0.1) is 0 Å². The lowest BCUT2D eigenvalue weighted by Gasteiger charge is -2.18. The summed E-state index contributed by atoms with van der Waals surface area (Å²) >= 11 is 3.40. The van der Waals surface area contributed by atoms with E-state index in [1.165, 1.54) is 6.08 Å². The van der Waals surface area contributed by atoms with Crippen molar-refractivity contribution in [1.82, 2.24) is 4.90 Å². The maximum absolute atomic E-state index is 12.0. The van der Waals surface area contributed by atoms with Gasteiger partial charge in [-0.05, 0) is 37.6 Å². The van der Waals surface area contributed by atoms with Crippen LogP contribution in [0.1, 0.15) is 18.9 Å². The van der Waals surface area contributed by atoms with Gasteiger partial charge in [-0.25, -0.2) is 0 Å². The van der Waals surface area contributed by atoms with Gasteiger partial charge in [-0.1, -0.05) is 15.9 Å². The van der Waals surface area contributed by atoms with Gasteiger partial charge in [0, 0.05) is 35.8 Å². The lowest BCUT2D eigenvalue weighted by Crippen LogP contribution is -2.30. The summed E-state index contributed by atoms with van der Waals surface area (Å²) in [7, 11) is 1.60. The first-order valence-corrected chi connectivity index (χ1v) is 7.33. The van der Waals surface area contributed by atoms with Crippen LogP contribution in [0.5, 0.6) is 5.75 Å². The van der Waals surface area contributed by atoms with Gasteiger partial charge in [-0.2, -0.15) is 0 Å². The van der Waals surface area contributed by atoms with E-state index in [2.05, 4.69) is 15.9 Å². The number of hydrogen-bond donors (Lipinski definition) is 1. The summed E-state index contributed by atoms with van der Waals surface area (Å²) in [6.45, 7) is 3.19. The summed E-state index contributed by atoms with van der Waals surface area (Å²) in [4.78, 5) is 13.7. The van der Waals surface area contributed by atoms with Gasteiger partial charge in [0.2, 0.25) is 5.91 Å². The van der Waals surface area contributed by atoms with Gasteiger partial charge >= 0.3 is 0 Å². The Morgan fingerprint density at radius 2 is 2.25 bits per heavy atom. The molecule has 0 radical (unpaired) electrons. The summed E-state index contributed by atoms with van der Waals surface area (Å²) in [6, 6.07) is 5.63. The largest absolute Gasteiger partial charge is 0.496 e. The first kappa shape index (κ1) is 16.7. The van der Waals surface area contributed by atoms with E-state index in [-0.39, 0.29) is 12.5 Å². The topological polar surface area (TPSA) is 49.8 Å². The maximum Gasteiger partial charge on any atom is 0.246 e. The minimum Gasteiger partial charge on any atom is -0.496 e. The van der Waals surface area contributed by atoms with Crippen LogP contribution in [0.4, 0.5) is 0 Å². The smallest absolute Gasteiger partial charge is 0.246 e. The number of rotatable bonds is 7. The standard InChI is InChI=1S/C15H20BrNO3/c1-3-17(9-4-10-18)15(19)8-5-12-11-13(16)6-7-14(12)20-2/h5-8,11,18H,3-4,9-10H2,1-2H3/b8-5+. The normalized spacial score (nSPS) is 10.8. The fraction of sp³-hybridized carbons (Fsp3) is 0.400. The second-order valence-corrected chi connectivity index (χ2v) is 5.13. The van der Waals surface area contributed by atoms with Crippen LogP contribution in [-0.2, 0) is 4.79 Å². The highest BCUT2D eigenvalue weighted by Gasteiger charge is 2.08. The van der Waals surface area contributed by atoms with Crippen molar-refractivity contribution in [3.05, 3.63) is 34.3 Å². The van der Waals surface area contributed by atoms with E-state index in [0.717, 1.165) is 15.8 Å². The fourth-order valence-corrected chi connectivity index (χ4v) is 2.17. The predicted octanol–water partition coefficient (Wildman–Crippen LogP) is 2.70. The molecule has 1 amide bonds. The fourth-order valence-electron chi connectivity index (χ4n) is 1.79. The molecule has 0 aromatic heterocycles. The lowest BCUT2D eigenvalue weighted by molar-refractivity contribution is -0.125. The molecule has 20 heavy (non-hydrogen) atoms. The van der Waals surface area contributed by atoms with Gasteiger partial charge in [0.1, 0.15) is 5.75 Å². The number of ether oxygens (including phenoxy) is 1. The van der Waals surface area contributed by atoms with Gasteiger partial charge < -0.3 is 14.7 Å². The molecular formula is C15H20BrNO3. The van der Waals surface area contributed by atoms with Gasteiger partial charge in [0.05, 0.1) is 7.11 Å². The minimum absolute atomic E-state index is 0.0667. The molecule has 4 nitrogen and oxygen atoms in total. The predicted molar refractivity (Wildman–Crippen MR) is 83.7 cm³/mol. The highest BCUT2D eigenvalue weighted by molar-refractivity contribution is 9.10. The summed E-state index contributed by atoms with van der Waals surface area (Å²) in [6.07, 6.45) is 3.87. The van der Waals surface area contributed by atoms with Crippen molar-refractivity contribution < 1.29 is 14.6 Å². The number of carbonyl (C=O) groups excluding carboxylic acids is 1. The first-order valence-electron chi connectivity index (χ1n) is 6.53. The third-order valence-electron chi connectivity index (χ3n) is 2.88. The van der Waals surface area contributed by atoms with Crippen molar-refractivity contribution in [2.45, 2.75) is 13.3 Å². The van der Waals surface area contributed by atoms with E-state index in [1.807, 2.05) is 25.1 Å². The molecule has 5 heteroatoms. The summed E-state index contributed by atoms with van der Waals surface area (Å²) in [5.74, 6) is 0.652. The molecule has 0 fully saturated rings. The molecule has 1 rings (SSSR count).